The molecule has 206 valence electrons. The van der Waals surface area contributed by atoms with Crippen molar-refractivity contribution in [1.29, 1.82) is 0 Å². The first-order chi connectivity index (χ1) is 18.2. The van der Waals surface area contributed by atoms with Crippen molar-refractivity contribution in [1.82, 2.24) is 20.9 Å². The Hall–Kier alpha value is -2.96. The number of benzene rings is 1. The van der Waals surface area contributed by atoms with Gasteiger partial charge in [0.25, 0.3) is 9.85 Å². The molecule has 5 atom stereocenters. The molecule has 12 heteroatoms. The molecule has 1 unspecified atom stereocenters. The number of halogens is 1. The molecule has 0 spiro atoms. The van der Waals surface area contributed by atoms with E-state index in [9.17, 15) is 13.7 Å². The maximum Gasteiger partial charge on any atom is 0.509 e. The first kappa shape index (κ1) is 28.1. The Morgan fingerprint density at radius 1 is 1.18 bits per heavy atom. The molecule has 0 saturated carbocycles. The van der Waals surface area contributed by atoms with E-state index in [1.807, 2.05) is 24.3 Å². The summed E-state index contributed by atoms with van der Waals surface area (Å²) in [6, 6.07) is 7.71. The fourth-order valence-electron chi connectivity index (χ4n) is 4.66. The third kappa shape index (κ3) is 8.02. The van der Waals surface area contributed by atoms with Crippen molar-refractivity contribution in [3.63, 3.8) is 0 Å². The average Bonchev–Trinajstić information content (AvgIpc) is 3.62. The predicted molar refractivity (Wildman–Crippen MR) is 138 cm³/mol. The first-order valence-electron chi connectivity index (χ1n) is 12.8. The largest absolute Gasteiger partial charge is 0.509 e. The second-order valence-electron chi connectivity index (χ2n) is 10.6. The fraction of sp³-hybridized carbons (Fsp3) is 0.577. The van der Waals surface area contributed by atoms with Crippen LogP contribution in [0.1, 0.15) is 39.2 Å². The number of ether oxygens (including phenoxy) is 3. The van der Waals surface area contributed by atoms with E-state index in [-0.39, 0.29) is 17.6 Å². The minimum atomic E-state index is -0.814. The van der Waals surface area contributed by atoms with Crippen molar-refractivity contribution in [2.75, 3.05) is 19.6 Å². The summed E-state index contributed by atoms with van der Waals surface area (Å²) in [6.07, 6.45) is 2.18. The van der Waals surface area contributed by atoms with Crippen LogP contribution in [0.25, 0.3) is 11.3 Å². The molecule has 4 rings (SSSR count). The maximum absolute atomic E-state index is 12.9. The van der Waals surface area contributed by atoms with Gasteiger partial charge in [-0.3, -0.25) is 0 Å². The van der Waals surface area contributed by atoms with Crippen LogP contribution in [0.15, 0.2) is 41.3 Å². The van der Waals surface area contributed by atoms with Gasteiger partial charge < -0.3 is 38.7 Å². The summed E-state index contributed by atoms with van der Waals surface area (Å²) in [5, 5.41) is 9.39. The summed E-state index contributed by atoms with van der Waals surface area (Å²) in [5.74, 6) is 0.674. The van der Waals surface area contributed by atoms with E-state index in [0.29, 0.717) is 38.2 Å². The van der Waals surface area contributed by atoms with Gasteiger partial charge in [-0.05, 0) is 57.7 Å². The lowest BCUT2D eigenvalue weighted by Crippen LogP contribution is -2.43. The van der Waals surface area contributed by atoms with E-state index in [0.717, 1.165) is 17.5 Å². The molecule has 2 aliphatic rings. The van der Waals surface area contributed by atoms with E-state index >= 15 is 0 Å². The van der Waals surface area contributed by atoms with Gasteiger partial charge in [-0.25, -0.2) is 14.6 Å². The van der Waals surface area contributed by atoms with Crippen LogP contribution in [-0.2, 0) is 20.6 Å². The highest BCUT2D eigenvalue weighted by Crippen LogP contribution is 2.24. The summed E-state index contributed by atoms with van der Waals surface area (Å²) in [7, 11) is -0.570. The van der Waals surface area contributed by atoms with Crippen LogP contribution < -0.4 is 16.0 Å². The summed E-state index contributed by atoms with van der Waals surface area (Å²) in [6.45, 7) is 6.64. The zero-order chi connectivity index (χ0) is 27.1. The number of nitrogens with zero attached hydrogens (tertiary/aromatic N) is 1. The van der Waals surface area contributed by atoms with E-state index in [1.54, 1.807) is 27.0 Å². The highest BCUT2D eigenvalue weighted by atomic mass is 28.3. The first-order valence-corrected chi connectivity index (χ1v) is 13.8. The van der Waals surface area contributed by atoms with Gasteiger partial charge in [0.1, 0.15) is 5.60 Å². The van der Waals surface area contributed by atoms with Crippen molar-refractivity contribution in [3.8, 4) is 11.3 Å². The molecule has 1 aromatic heterocycles. The van der Waals surface area contributed by atoms with Gasteiger partial charge in [0.15, 0.2) is 24.4 Å². The summed E-state index contributed by atoms with van der Waals surface area (Å²) in [5.41, 5.74) is 1.26. The molecular weight excluding hydrogens is 511 g/mol. The lowest BCUT2D eigenvalue weighted by atomic mass is 10.00. The molecular formula is C26H35FN4O6Si. The number of oxazole rings is 1. The Balaban J connectivity index is 1.36. The SMILES string of the molecule is CC(C)(C)OC(=O)O[C@H]1CN[C@H](Cc2ccc(-c3cnco3)cc2)[C@@H]1OC(=O)NCC[C@@H]1CC([Si]F)CN1. The summed E-state index contributed by atoms with van der Waals surface area (Å²) >= 11 is 0. The van der Waals surface area contributed by atoms with Crippen LogP contribution in [0.3, 0.4) is 0 Å². The van der Waals surface area contributed by atoms with Gasteiger partial charge in [-0.1, -0.05) is 24.3 Å². The molecule has 38 heavy (non-hydrogen) atoms. The molecule has 2 aromatic rings. The highest BCUT2D eigenvalue weighted by Gasteiger charge is 2.42. The lowest BCUT2D eigenvalue weighted by molar-refractivity contribution is -0.0517. The molecule has 0 aliphatic carbocycles. The number of aromatic nitrogens is 1. The van der Waals surface area contributed by atoms with E-state index < -0.39 is 39.9 Å². The quantitative estimate of drug-likeness (QED) is 0.247. The third-order valence-corrected chi connectivity index (χ3v) is 7.24. The second-order valence-corrected chi connectivity index (χ2v) is 11.7. The molecule has 1 aromatic carbocycles. The second kappa shape index (κ2) is 12.7. The van der Waals surface area contributed by atoms with Crippen LogP contribution in [0, 0.1) is 0 Å². The average molecular weight is 547 g/mol. The molecule has 2 radical (unpaired) electrons. The number of carbonyl (C=O) groups is 2. The Morgan fingerprint density at radius 3 is 2.63 bits per heavy atom. The number of rotatable bonds is 9. The molecule has 2 saturated heterocycles. The monoisotopic (exact) mass is 546 g/mol. The van der Waals surface area contributed by atoms with Crippen LogP contribution >= 0.6 is 0 Å². The molecule has 2 fully saturated rings. The van der Waals surface area contributed by atoms with Gasteiger partial charge >= 0.3 is 12.2 Å². The minimum absolute atomic E-state index is 0.0628. The normalized spacial score (nSPS) is 25.2. The molecule has 3 heterocycles. The molecule has 10 nitrogen and oxygen atoms in total. The maximum atomic E-state index is 12.9. The molecule has 2 aliphatic heterocycles. The molecule has 0 bridgehead atoms. The van der Waals surface area contributed by atoms with E-state index in [1.165, 1.54) is 6.39 Å². The highest BCUT2D eigenvalue weighted by molar-refractivity contribution is 6.28. The number of carbonyl (C=O) groups excluding carboxylic acids is 2. The van der Waals surface area contributed by atoms with Gasteiger partial charge in [0.2, 0.25) is 0 Å². The van der Waals surface area contributed by atoms with Gasteiger partial charge in [-0.15, -0.1) is 0 Å². The number of nitrogens with one attached hydrogen (secondary N) is 3. The topological polar surface area (TPSA) is 124 Å². The zero-order valence-electron chi connectivity index (χ0n) is 21.9. The Morgan fingerprint density at radius 2 is 1.97 bits per heavy atom. The number of hydrogen-bond acceptors (Lipinski definition) is 9. The summed E-state index contributed by atoms with van der Waals surface area (Å²) < 4.78 is 34.9. The van der Waals surface area contributed by atoms with Crippen molar-refractivity contribution >= 4 is 22.1 Å². The molecule has 3 N–H and O–H groups in total. The lowest BCUT2D eigenvalue weighted by Gasteiger charge is -2.26. The smallest absolute Gasteiger partial charge is 0.444 e. The van der Waals surface area contributed by atoms with Crippen molar-refractivity contribution < 1.29 is 32.3 Å². The Bertz CT molecular complexity index is 1050. The predicted octanol–water partition coefficient (Wildman–Crippen LogP) is 3.40. The Labute approximate surface area is 224 Å². The standard InChI is InChI=1S/C26H35FN4O6Si/c1-26(2,3)37-25(33)35-22-14-31-20(10-16-4-6-17(7-5-16)21-13-28-15-34-21)23(22)36-24(32)29-9-8-18-11-19(38-27)12-30-18/h4-7,13,15,18-20,22-23,30-31H,8-12,14H2,1-3H3,(H,29,32)/t18-,19?,20-,22+,23+/m1/s1. The third-order valence-electron chi connectivity index (χ3n) is 6.49. The number of amides is 1. The minimum Gasteiger partial charge on any atom is -0.444 e. The number of alkyl carbamates (subject to hydrolysis) is 1. The van der Waals surface area contributed by atoms with Gasteiger partial charge in [0, 0.05) is 24.7 Å². The molecule has 1 amide bonds. The van der Waals surface area contributed by atoms with Gasteiger partial charge in [0.05, 0.1) is 12.2 Å². The fourth-order valence-corrected chi connectivity index (χ4v) is 5.23. The van der Waals surface area contributed by atoms with E-state index in [2.05, 4.69) is 20.9 Å². The van der Waals surface area contributed by atoms with E-state index in [4.69, 9.17) is 18.6 Å². The van der Waals surface area contributed by atoms with Gasteiger partial charge in [-0.2, -0.15) is 0 Å². The van der Waals surface area contributed by atoms with Crippen molar-refractivity contribution in [2.24, 2.45) is 0 Å². The van der Waals surface area contributed by atoms with Crippen LogP contribution in [-0.4, -0.2) is 76.6 Å². The van der Waals surface area contributed by atoms with Crippen molar-refractivity contribution in [2.45, 2.75) is 75.5 Å². The van der Waals surface area contributed by atoms with Crippen molar-refractivity contribution in [3.05, 3.63) is 42.4 Å². The summed E-state index contributed by atoms with van der Waals surface area (Å²) in [4.78, 5) is 29.0. The number of hydrogen-bond donors (Lipinski definition) is 3. The van der Waals surface area contributed by atoms with Crippen LogP contribution in [0.2, 0.25) is 5.54 Å². The van der Waals surface area contributed by atoms with Crippen LogP contribution in [0.5, 0.6) is 0 Å². The zero-order valence-corrected chi connectivity index (χ0v) is 22.9. The Kier molecular flexibility index (Phi) is 9.39. The van der Waals surface area contributed by atoms with Crippen LogP contribution in [0.4, 0.5) is 13.7 Å².